The molecule has 0 aliphatic rings. The van der Waals surface area contributed by atoms with Gasteiger partial charge in [0.05, 0.1) is 6.61 Å². The summed E-state index contributed by atoms with van der Waals surface area (Å²) in [4.78, 5) is 0. The third-order valence-corrected chi connectivity index (χ3v) is 4.25. The van der Waals surface area contributed by atoms with Crippen LogP contribution in [0.25, 0.3) is 0 Å². The van der Waals surface area contributed by atoms with E-state index in [1.54, 1.807) is 0 Å². The Balaban J connectivity index is 1.92. The van der Waals surface area contributed by atoms with E-state index in [-0.39, 0.29) is 12.6 Å². The van der Waals surface area contributed by atoms with E-state index in [1.165, 1.54) is 16.7 Å². The third-order valence-electron chi connectivity index (χ3n) is 3.36. The fourth-order valence-corrected chi connectivity index (χ4v) is 2.43. The first kappa shape index (κ1) is 15.2. The number of aryl methyl sites for hydroxylation is 1. The summed E-state index contributed by atoms with van der Waals surface area (Å²) in [5, 5.41) is 12.9. The van der Waals surface area contributed by atoms with Crippen molar-refractivity contribution in [1.29, 1.82) is 0 Å². The number of aliphatic hydroxyl groups excluding tert-OH is 1. The predicted molar refractivity (Wildman–Crippen MR) is 86.7 cm³/mol. The van der Waals surface area contributed by atoms with Gasteiger partial charge in [0.1, 0.15) is 0 Å². The summed E-state index contributed by atoms with van der Waals surface area (Å²) in [6.07, 6.45) is 0.840. The van der Waals surface area contributed by atoms with Gasteiger partial charge in [0, 0.05) is 17.1 Å². The Hall–Kier alpha value is -1.16. The van der Waals surface area contributed by atoms with Crippen molar-refractivity contribution < 1.29 is 5.11 Å². The monoisotopic (exact) mass is 333 g/mol. The minimum absolute atomic E-state index is 0.0846. The van der Waals surface area contributed by atoms with Crippen LogP contribution in [0.5, 0.6) is 0 Å². The molecule has 0 heterocycles. The Morgan fingerprint density at radius 1 is 1.10 bits per heavy atom. The van der Waals surface area contributed by atoms with Crippen molar-refractivity contribution in [2.75, 3.05) is 6.61 Å². The van der Waals surface area contributed by atoms with Crippen LogP contribution in [-0.4, -0.2) is 17.8 Å². The summed E-state index contributed by atoms with van der Waals surface area (Å²) in [7, 11) is 0. The zero-order valence-corrected chi connectivity index (χ0v) is 13.2. The van der Waals surface area contributed by atoms with Crippen LogP contribution in [0.1, 0.15) is 16.7 Å². The molecule has 1 unspecified atom stereocenters. The van der Waals surface area contributed by atoms with Crippen molar-refractivity contribution >= 4 is 15.9 Å². The highest BCUT2D eigenvalue weighted by molar-refractivity contribution is 9.10. The average Bonchev–Trinajstić information content (AvgIpc) is 2.48. The van der Waals surface area contributed by atoms with Gasteiger partial charge in [0.25, 0.3) is 0 Å². The van der Waals surface area contributed by atoms with E-state index in [2.05, 4.69) is 58.5 Å². The first-order valence-corrected chi connectivity index (χ1v) is 7.61. The first-order chi connectivity index (χ1) is 9.69. The van der Waals surface area contributed by atoms with Gasteiger partial charge in [-0.1, -0.05) is 58.4 Å². The third kappa shape index (κ3) is 4.44. The number of halogens is 1. The molecule has 20 heavy (non-hydrogen) atoms. The van der Waals surface area contributed by atoms with Crippen molar-refractivity contribution in [3.63, 3.8) is 0 Å². The summed E-state index contributed by atoms with van der Waals surface area (Å²) in [5.74, 6) is 0. The molecular formula is C17H20BrNO. The van der Waals surface area contributed by atoms with Gasteiger partial charge in [0.15, 0.2) is 0 Å². The molecule has 0 fully saturated rings. The molecule has 0 saturated heterocycles. The lowest BCUT2D eigenvalue weighted by molar-refractivity contribution is 0.241. The predicted octanol–water partition coefficient (Wildman–Crippen LogP) is 3.45. The molecular weight excluding hydrogens is 314 g/mol. The van der Waals surface area contributed by atoms with Gasteiger partial charge in [-0.25, -0.2) is 0 Å². The summed E-state index contributed by atoms with van der Waals surface area (Å²) >= 11 is 3.51. The molecule has 2 rings (SSSR count). The number of rotatable bonds is 6. The number of hydrogen-bond acceptors (Lipinski definition) is 2. The van der Waals surface area contributed by atoms with Crippen LogP contribution in [0.2, 0.25) is 0 Å². The molecule has 0 radical (unpaired) electrons. The zero-order valence-electron chi connectivity index (χ0n) is 11.6. The molecule has 0 spiro atoms. The number of hydrogen-bond donors (Lipinski definition) is 2. The molecule has 0 aromatic heterocycles. The molecule has 0 saturated carbocycles. The quantitative estimate of drug-likeness (QED) is 0.848. The SMILES string of the molecule is Cc1cc(CNC(CO)Cc2ccccc2)ccc1Br. The molecule has 0 aliphatic heterocycles. The van der Waals surface area contributed by atoms with Gasteiger partial charge in [-0.2, -0.15) is 0 Å². The summed E-state index contributed by atoms with van der Waals surface area (Å²) < 4.78 is 1.13. The lowest BCUT2D eigenvalue weighted by atomic mass is 10.1. The fraction of sp³-hybridized carbons (Fsp3) is 0.294. The maximum atomic E-state index is 9.49. The molecule has 0 aliphatic carbocycles. The van der Waals surface area contributed by atoms with Gasteiger partial charge in [-0.15, -0.1) is 0 Å². The number of aliphatic hydroxyl groups is 1. The Kier molecular flexibility index (Phi) is 5.77. The Morgan fingerprint density at radius 3 is 2.50 bits per heavy atom. The molecule has 0 amide bonds. The molecule has 1 atom stereocenters. The minimum atomic E-state index is 0.0846. The van der Waals surface area contributed by atoms with Crippen molar-refractivity contribution in [3.8, 4) is 0 Å². The average molecular weight is 334 g/mol. The van der Waals surface area contributed by atoms with Gasteiger partial charge in [-0.3, -0.25) is 0 Å². The van der Waals surface area contributed by atoms with Crippen LogP contribution < -0.4 is 5.32 Å². The summed E-state index contributed by atoms with van der Waals surface area (Å²) in [6.45, 7) is 3.00. The smallest absolute Gasteiger partial charge is 0.0587 e. The van der Waals surface area contributed by atoms with Gasteiger partial charge in [-0.05, 0) is 36.1 Å². The maximum Gasteiger partial charge on any atom is 0.0587 e. The molecule has 3 heteroatoms. The topological polar surface area (TPSA) is 32.3 Å². The normalized spacial score (nSPS) is 12.3. The minimum Gasteiger partial charge on any atom is -0.395 e. The molecule has 2 nitrogen and oxygen atoms in total. The Morgan fingerprint density at radius 2 is 1.85 bits per heavy atom. The van der Waals surface area contributed by atoms with Crippen LogP contribution in [0, 0.1) is 6.92 Å². The highest BCUT2D eigenvalue weighted by Gasteiger charge is 2.08. The fourth-order valence-electron chi connectivity index (χ4n) is 2.18. The van der Waals surface area contributed by atoms with Gasteiger partial charge < -0.3 is 10.4 Å². The van der Waals surface area contributed by atoms with Gasteiger partial charge >= 0.3 is 0 Å². The highest BCUT2D eigenvalue weighted by atomic mass is 79.9. The summed E-state index contributed by atoms with van der Waals surface area (Å²) in [5.41, 5.74) is 3.70. The van der Waals surface area contributed by atoms with Crippen molar-refractivity contribution in [3.05, 3.63) is 69.7 Å². The standard InChI is InChI=1S/C17H20BrNO/c1-13-9-15(7-8-17(13)18)11-19-16(12-20)10-14-5-3-2-4-6-14/h2-9,16,19-20H,10-12H2,1H3. The maximum absolute atomic E-state index is 9.49. The highest BCUT2D eigenvalue weighted by Crippen LogP contribution is 2.17. The molecule has 106 valence electrons. The number of benzene rings is 2. The van der Waals surface area contributed by atoms with Crippen molar-refractivity contribution in [2.24, 2.45) is 0 Å². The van der Waals surface area contributed by atoms with E-state index in [1.807, 2.05) is 18.2 Å². The zero-order chi connectivity index (χ0) is 14.4. The van der Waals surface area contributed by atoms with Crippen LogP contribution in [0.4, 0.5) is 0 Å². The van der Waals surface area contributed by atoms with E-state index in [0.29, 0.717) is 0 Å². The van der Waals surface area contributed by atoms with E-state index >= 15 is 0 Å². The molecule has 2 N–H and O–H groups in total. The van der Waals surface area contributed by atoms with Crippen molar-refractivity contribution in [2.45, 2.75) is 25.9 Å². The number of nitrogens with one attached hydrogen (secondary N) is 1. The van der Waals surface area contributed by atoms with E-state index < -0.39 is 0 Å². The van der Waals surface area contributed by atoms with Crippen LogP contribution in [0.3, 0.4) is 0 Å². The van der Waals surface area contributed by atoms with E-state index in [0.717, 1.165) is 17.4 Å². The lowest BCUT2D eigenvalue weighted by Gasteiger charge is -2.17. The van der Waals surface area contributed by atoms with Crippen LogP contribution >= 0.6 is 15.9 Å². The molecule has 0 bridgehead atoms. The van der Waals surface area contributed by atoms with Crippen molar-refractivity contribution in [1.82, 2.24) is 5.32 Å². The largest absolute Gasteiger partial charge is 0.395 e. The Bertz CT molecular complexity index is 542. The second-order valence-corrected chi connectivity index (χ2v) is 5.89. The second kappa shape index (κ2) is 7.58. The molecule has 2 aromatic carbocycles. The second-order valence-electron chi connectivity index (χ2n) is 5.03. The van der Waals surface area contributed by atoms with Crippen LogP contribution in [-0.2, 0) is 13.0 Å². The van der Waals surface area contributed by atoms with Gasteiger partial charge in [0.2, 0.25) is 0 Å². The van der Waals surface area contributed by atoms with E-state index in [4.69, 9.17) is 0 Å². The Labute approximate surface area is 129 Å². The van der Waals surface area contributed by atoms with E-state index in [9.17, 15) is 5.11 Å². The summed E-state index contributed by atoms with van der Waals surface area (Å²) in [6, 6.07) is 16.7. The first-order valence-electron chi connectivity index (χ1n) is 6.82. The molecule has 2 aromatic rings. The van der Waals surface area contributed by atoms with Crippen LogP contribution in [0.15, 0.2) is 53.0 Å². The lowest BCUT2D eigenvalue weighted by Crippen LogP contribution is -2.34.